The second kappa shape index (κ2) is 6.69. The maximum atomic E-state index is 2.43. The van der Waals surface area contributed by atoms with Crippen molar-refractivity contribution in [1.82, 2.24) is 0 Å². The summed E-state index contributed by atoms with van der Waals surface area (Å²) < 4.78 is 0. The Hall–Kier alpha value is -1.56. The van der Waals surface area contributed by atoms with Gasteiger partial charge in [-0.1, -0.05) is 77.9 Å². The molecule has 2 aromatic carbocycles. The predicted molar refractivity (Wildman–Crippen MR) is 98.9 cm³/mol. The van der Waals surface area contributed by atoms with E-state index in [1.165, 1.54) is 33.4 Å². The Morgan fingerprint density at radius 3 is 1.59 bits per heavy atom. The van der Waals surface area contributed by atoms with E-state index in [0.29, 0.717) is 17.8 Å². The van der Waals surface area contributed by atoms with Crippen molar-refractivity contribution in [2.45, 2.75) is 66.2 Å². The molecule has 0 heteroatoms. The largest absolute Gasteiger partial charge is 0.0620 e. The molecule has 0 heterocycles. The van der Waals surface area contributed by atoms with Gasteiger partial charge in [0.1, 0.15) is 0 Å². The molecule has 22 heavy (non-hydrogen) atoms. The normalized spacial score (nSPS) is 11.7. The zero-order valence-corrected chi connectivity index (χ0v) is 15.2. The molecule has 0 spiro atoms. The fourth-order valence-electron chi connectivity index (χ4n) is 3.12. The molecule has 0 unspecified atom stereocenters. The lowest BCUT2D eigenvalue weighted by molar-refractivity contribution is 0.807. The average molecular weight is 294 g/mol. The molecule has 118 valence electrons. The first-order valence-electron chi connectivity index (χ1n) is 8.56. The van der Waals surface area contributed by atoms with Crippen LogP contribution in [0.15, 0.2) is 36.4 Å². The van der Waals surface area contributed by atoms with Gasteiger partial charge in [-0.15, -0.1) is 0 Å². The fourth-order valence-corrected chi connectivity index (χ4v) is 3.12. The molecule has 0 saturated heterocycles. The SMILES string of the molecule is Cc1ccccc1-c1c(C(C)C)cc(C(C)C)cc1C(C)C. The topological polar surface area (TPSA) is 0 Å². The molecule has 0 radical (unpaired) electrons. The fraction of sp³-hybridized carbons (Fsp3) is 0.455. The number of hydrogen-bond acceptors (Lipinski definition) is 0. The Morgan fingerprint density at radius 2 is 1.18 bits per heavy atom. The summed E-state index contributed by atoms with van der Waals surface area (Å²) in [6.45, 7) is 16.0. The summed E-state index contributed by atoms with van der Waals surface area (Å²) in [5.41, 5.74) is 8.67. The van der Waals surface area contributed by atoms with Gasteiger partial charge in [0, 0.05) is 0 Å². The van der Waals surface area contributed by atoms with E-state index in [4.69, 9.17) is 0 Å². The van der Waals surface area contributed by atoms with Crippen LogP contribution in [0.1, 0.15) is 81.5 Å². The molecular formula is C22H30. The number of benzene rings is 2. The summed E-state index contributed by atoms with van der Waals surface area (Å²) in [7, 11) is 0. The maximum Gasteiger partial charge on any atom is -0.0112 e. The van der Waals surface area contributed by atoms with Gasteiger partial charge in [0.05, 0.1) is 0 Å². The summed E-state index contributed by atoms with van der Waals surface area (Å²) in [5, 5.41) is 0. The second-order valence-electron chi connectivity index (χ2n) is 7.35. The standard InChI is InChI=1S/C22H30/c1-14(2)18-12-20(15(3)4)22(21(13-18)16(5)6)19-11-9-8-10-17(19)7/h8-16H,1-7H3. The van der Waals surface area contributed by atoms with E-state index < -0.39 is 0 Å². The highest BCUT2D eigenvalue weighted by molar-refractivity contribution is 5.75. The van der Waals surface area contributed by atoms with Gasteiger partial charge in [0.15, 0.2) is 0 Å². The predicted octanol–water partition coefficient (Wildman–Crippen LogP) is 7.03. The lowest BCUT2D eigenvalue weighted by Gasteiger charge is -2.24. The molecule has 0 aliphatic carbocycles. The molecule has 0 saturated carbocycles. The van der Waals surface area contributed by atoms with Crippen molar-refractivity contribution in [1.29, 1.82) is 0 Å². The van der Waals surface area contributed by atoms with Gasteiger partial charge in [-0.2, -0.15) is 0 Å². The average Bonchev–Trinajstić information content (AvgIpc) is 2.46. The quantitative estimate of drug-likeness (QED) is 0.567. The Labute approximate surface area is 136 Å². The van der Waals surface area contributed by atoms with E-state index in [9.17, 15) is 0 Å². The van der Waals surface area contributed by atoms with Gasteiger partial charge in [0.25, 0.3) is 0 Å². The third kappa shape index (κ3) is 3.27. The highest BCUT2D eigenvalue weighted by atomic mass is 14.2. The minimum absolute atomic E-state index is 0.533. The third-order valence-electron chi connectivity index (χ3n) is 4.55. The molecule has 0 atom stereocenters. The summed E-state index contributed by atoms with van der Waals surface area (Å²) in [6.07, 6.45) is 0. The van der Waals surface area contributed by atoms with Crippen molar-refractivity contribution >= 4 is 0 Å². The van der Waals surface area contributed by atoms with Crippen LogP contribution in [0, 0.1) is 6.92 Å². The number of rotatable bonds is 4. The molecule has 2 aromatic rings. The third-order valence-corrected chi connectivity index (χ3v) is 4.55. The van der Waals surface area contributed by atoms with Crippen LogP contribution in [-0.4, -0.2) is 0 Å². The van der Waals surface area contributed by atoms with Crippen LogP contribution in [0.3, 0.4) is 0 Å². The smallest absolute Gasteiger partial charge is 0.0112 e. The minimum Gasteiger partial charge on any atom is -0.0620 e. The number of hydrogen-bond donors (Lipinski definition) is 0. The van der Waals surface area contributed by atoms with Crippen molar-refractivity contribution < 1.29 is 0 Å². The van der Waals surface area contributed by atoms with Crippen LogP contribution in [-0.2, 0) is 0 Å². The summed E-state index contributed by atoms with van der Waals surface area (Å²) >= 11 is 0. The highest BCUT2D eigenvalue weighted by Crippen LogP contribution is 2.39. The van der Waals surface area contributed by atoms with Gasteiger partial charge in [-0.05, 0) is 58.1 Å². The second-order valence-corrected chi connectivity index (χ2v) is 7.35. The molecule has 0 nitrogen and oxygen atoms in total. The molecule has 0 N–H and O–H groups in total. The first kappa shape index (κ1) is 16.8. The first-order valence-corrected chi connectivity index (χ1v) is 8.56. The van der Waals surface area contributed by atoms with Crippen molar-refractivity contribution in [2.75, 3.05) is 0 Å². The first-order chi connectivity index (χ1) is 10.3. The van der Waals surface area contributed by atoms with Gasteiger partial charge >= 0.3 is 0 Å². The molecule has 0 amide bonds. The van der Waals surface area contributed by atoms with Crippen molar-refractivity contribution in [3.63, 3.8) is 0 Å². The molecule has 0 aliphatic rings. The van der Waals surface area contributed by atoms with Crippen molar-refractivity contribution in [2.24, 2.45) is 0 Å². The highest BCUT2D eigenvalue weighted by Gasteiger charge is 2.19. The lowest BCUT2D eigenvalue weighted by atomic mass is 9.81. The molecule has 0 fully saturated rings. The molecular weight excluding hydrogens is 264 g/mol. The maximum absolute atomic E-state index is 2.43. The van der Waals surface area contributed by atoms with Crippen molar-refractivity contribution in [3.05, 3.63) is 58.7 Å². The lowest BCUT2D eigenvalue weighted by Crippen LogP contribution is -2.04. The van der Waals surface area contributed by atoms with E-state index in [2.05, 4.69) is 84.9 Å². The van der Waals surface area contributed by atoms with Gasteiger partial charge in [-0.25, -0.2) is 0 Å². The van der Waals surface area contributed by atoms with Gasteiger partial charge in [-0.3, -0.25) is 0 Å². The minimum atomic E-state index is 0.533. The molecule has 0 aromatic heterocycles. The number of aryl methyl sites for hydroxylation is 1. The van der Waals surface area contributed by atoms with Gasteiger partial charge in [0.2, 0.25) is 0 Å². The van der Waals surface area contributed by atoms with Crippen molar-refractivity contribution in [3.8, 4) is 11.1 Å². The Bertz CT molecular complexity index is 616. The van der Waals surface area contributed by atoms with E-state index in [-0.39, 0.29) is 0 Å². The zero-order chi connectivity index (χ0) is 16.4. The Morgan fingerprint density at radius 1 is 0.682 bits per heavy atom. The van der Waals surface area contributed by atoms with E-state index in [1.54, 1.807) is 0 Å². The Balaban J connectivity index is 2.83. The Kier molecular flexibility index (Phi) is 5.11. The van der Waals surface area contributed by atoms with Crippen LogP contribution < -0.4 is 0 Å². The van der Waals surface area contributed by atoms with Crippen LogP contribution in [0.4, 0.5) is 0 Å². The summed E-state index contributed by atoms with van der Waals surface area (Å²) in [6, 6.07) is 13.7. The van der Waals surface area contributed by atoms with Crippen LogP contribution in [0.2, 0.25) is 0 Å². The van der Waals surface area contributed by atoms with Crippen LogP contribution in [0.25, 0.3) is 11.1 Å². The van der Waals surface area contributed by atoms with Gasteiger partial charge < -0.3 is 0 Å². The molecule has 0 bridgehead atoms. The van der Waals surface area contributed by atoms with Crippen LogP contribution >= 0.6 is 0 Å². The molecule has 2 rings (SSSR count). The van der Waals surface area contributed by atoms with E-state index in [1.807, 2.05) is 0 Å². The zero-order valence-electron chi connectivity index (χ0n) is 15.2. The van der Waals surface area contributed by atoms with E-state index >= 15 is 0 Å². The van der Waals surface area contributed by atoms with Crippen LogP contribution in [0.5, 0.6) is 0 Å². The summed E-state index contributed by atoms with van der Waals surface area (Å²) in [5.74, 6) is 1.64. The summed E-state index contributed by atoms with van der Waals surface area (Å²) in [4.78, 5) is 0. The monoisotopic (exact) mass is 294 g/mol. The van der Waals surface area contributed by atoms with E-state index in [0.717, 1.165) is 0 Å². The molecule has 0 aliphatic heterocycles.